The number of para-hydroxylation sites is 1. The third-order valence-electron chi connectivity index (χ3n) is 6.00. The third kappa shape index (κ3) is 4.09. The SMILES string of the molecule is O=c1c(CN2CCN(c3ccccc3)CC2)c(-c2ccccc2)[nH]c2ccc(Cl)cc12. The number of rotatable bonds is 4. The highest BCUT2D eigenvalue weighted by molar-refractivity contribution is 6.31. The van der Waals surface area contributed by atoms with Gasteiger partial charge in [0.1, 0.15) is 0 Å². The monoisotopic (exact) mass is 429 g/mol. The van der Waals surface area contributed by atoms with E-state index in [1.807, 2.05) is 48.5 Å². The van der Waals surface area contributed by atoms with Gasteiger partial charge in [0.15, 0.2) is 5.43 Å². The molecule has 4 nitrogen and oxygen atoms in total. The highest BCUT2D eigenvalue weighted by atomic mass is 35.5. The van der Waals surface area contributed by atoms with Crippen molar-refractivity contribution in [3.05, 3.63) is 99.7 Å². The molecule has 3 aromatic carbocycles. The summed E-state index contributed by atoms with van der Waals surface area (Å²) in [6.07, 6.45) is 0. The predicted molar refractivity (Wildman–Crippen MR) is 129 cm³/mol. The Labute approximate surface area is 186 Å². The molecule has 1 fully saturated rings. The number of nitrogens with one attached hydrogen (secondary N) is 1. The first-order valence-corrected chi connectivity index (χ1v) is 11.0. The molecule has 156 valence electrons. The number of aromatic amines is 1. The van der Waals surface area contributed by atoms with Crippen molar-refractivity contribution in [2.24, 2.45) is 0 Å². The lowest BCUT2D eigenvalue weighted by atomic mass is 10.0. The highest BCUT2D eigenvalue weighted by Crippen LogP contribution is 2.25. The first-order chi connectivity index (χ1) is 15.2. The van der Waals surface area contributed by atoms with Crippen LogP contribution in [0, 0.1) is 0 Å². The van der Waals surface area contributed by atoms with Crippen LogP contribution < -0.4 is 10.3 Å². The second kappa shape index (κ2) is 8.58. The fourth-order valence-corrected chi connectivity index (χ4v) is 4.50. The number of piperazine rings is 1. The lowest BCUT2D eigenvalue weighted by Crippen LogP contribution is -2.46. The van der Waals surface area contributed by atoms with Gasteiger partial charge in [-0.25, -0.2) is 0 Å². The van der Waals surface area contributed by atoms with Crippen molar-refractivity contribution in [2.75, 3.05) is 31.1 Å². The molecule has 1 N–H and O–H groups in total. The van der Waals surface area contributed by atoms with Gasteiger partial charge in [-0.2, -0.15) is 0 Å². The minimum atomic E-state index is 0.0561. The zero-order chi connectivity index (χ0) is 21.2. The summed E-state index contributed by atoms with van der Waals surface area (Å²) in [5.74, 6) is 0. The summed E-state index contributed by atoms with van der Waals surface area (Å²) < 4.78 is 0. The molecule has 5 heteroatoms. The number of nitrogens with zero attached hydrogens (tertiary/aromatic N) is 2. The molecule has 1 aromatic heterocycles. The van der Waals surface area contributed by atoms with Crippen molar-refractivity contribution in [1.82, 2.24) is 9.88 Å². The average molecular weight is 430 g/mol. The van der Waals surface area contributed by atoms with Gasteiger partial charge in [-0.15, -0.1) is 0 Å². The quantitative estimate of drug-likeness (QED) is 0.486. The number of aromatic nitrogens is 1. The van der Waals surface area contributed by atoms with Crippen LogP contribution in [0.5, 0.6) is 0 Å². The molecule has 0 atom stereocenters. The molecule has 0 radical (unpaired) electrons. The highest BCUT2D eigenvalue weighted by Gasteiger charge is 2.21. The number of fused-ring (bicyclic) bond motifs is 1. The van der Waals surface area contributed by atoms with Crippen LogP contribution >= 0.6 is 11.6 Å². The predicted octanol–water partition coefficient (Wildman–Crippen LogP) is 5.17. The van der Waals surface area contributed by atoms with Crippen LogP contribution in [0.4, 0.5) is 5.69 Å². The van der Waals surface area contributed by atoms with Crippen LogP contribution in [-0.4, -0.2) is 36.1 Å². The summed E-state index contributed by atoms with van der Waals surface area (Å²) in [6.45, 7) is 4.33. The Bertz CT molecular complexity index is 1250. The molecule has 31 heavy (non-hydrogen) atoms. The Kier molecular flexibility index (Phi) is 5.49. The molecule has 1 aliphatic heterocycles. The van der Waals surface area contributed by atoms with Crippen LogP contribution in [-0.2, 0) is 6.54 Å². The Morgan fingerprint density at radius 2 is 1.52 bits per heavy atom. The first-order valence-electron chi connectivity index (χ1n) is 10.6. The van der Waals surface area contributed by atoms with E-state index in [2.05, 4.69) is 39.0 Å². The summed E-state index contributed by atoms with van der Waals surface area (Å²) in [5, 5.41) is 1.22. The van der Waals surface area contributed by atoms with Crippen molar-refractivity contribution in [3.8, 4) is 11.3 Å². The molecule has 0 bridgehead atoms. The van der Waals surface area contributed by atoms with Gasteiger partial charge >= 0.3 is 0 Å². The minimum absolute atomic E-state index is 0.0561. The smallest absolute Gasteiger partial charge is 0.194 e. The van der Waals surface area contributed by atoms with Gasteiger partial charge in [0.25, 0.3) is 0 Å². The van der Waals surface area contributed by atoms with Crippen LogP contribution in [0.3, 0.4) is 0 Å². The number of H-pyrrole nitrogens is 1. The molecule has 0 saturated carbocycles. The van der Waals surface area contributed by atoms with Gasteiger partial charge in [0.05, 0.1) is 5.69 Å². The molecule has 0 amide bonds. The van der Waals surface area contributed by atoms with E-state index < -0.39 is 0 Å². The van der Waals surface area contributed by atoms with E-state index in [-0.39, 0.29) is 5.43 Å². The fourth-order valence-electron chi connectivity index (χ4n) is 4.33. The van der Waals surface area contributed by atoms with Crippen molar-refractivity contribution in [1.29, 1.82) is 0 Å². The molecule has 0 unspecified atom stereocenters. The molecule has 0 spiro atoms. The van der Waals surface area contributed by atoms with E-state index >= 15 is 0 Å². The molecular formula is C26H24ClN3O. The number of hydrogen-bond donors (Lipinski definition) is 1. The summed E-state index contributed by atoms with van der Waals surface area (Å²) in [7, 11) is 0. The summed E-state index contributed by atoms with van der Waals surface area (Å²) in [5.41, 5.74) is 4.84. The number of halogens is 1. The van der Waals surface area contributed by atoms with Gasteiger partial charge in [-0.05, 0) is 35.9 Å². The largest absolute Gasteiger partial charge is 0.369 e. The fraction of sp³-hybridized carbons (Fsp3) is 0.192. The molecule has 2 heterocycles. The molecule has 4 aromatic rings. The van der Waals surface area contributed by atoms with E-state index in [9.17, 15) is 4.79 Å². The van der Waals surface area contributed by atoms with Crippen molar-refractivity contribution >= 4 is 28.2 Å². The van der Waals surface area contributed by atoms with Gasteiger partial charge in [-0.3, -0.25) is 9.69 Å². The molecular weight excluding hydrogens is 406 g/mol. The molecule has 1 saturated heterocycles. The van der Waals surface area contributed by atoms with E-state index in [1.165, 1.54) is 5.69 Å². The summed E-state index contributed by atoms with van der Waals surface area (Å²) in [6, 6.07) is 26.1. The zero-order valence-electron chi connectivity index (χ0n) is 17.2. The minimum Gasteiger partial charge on any atom is -0.369 e. The lowest BCUT2D eigenvalue weighted by Gasteiger charge is -2.36. The Morgan fingerprint density at radius 1 is 0.839 bits per heavy atom. The zero-order valence-corrected chi connectivity index (χ0v) is 18.0. The Morgan fingerprint density at radius 3 is 2.23 bits per heavy atom. The van der Waals surface area contributed by atoms with Crippen LogP contribution in [0.2, 0.25) is 5.02 Å². The van der Waals surface area contributed by atoms with Crippen molar-refractivity contribution in [3.63, 3.8) is 0 Å². The van der Waals surface area contributed by atoms with Gasteiger partial charge in [-0.1, -0.05) is 60.1 Å². The van der Waals surface area contributed by atoms with Crippen molar-refractivity contribution < 1.29 is 0 Å². The molecule has 1 aliphatic rings. The number of hydrogen-bond acceptors (Lipinski definition) is 3. The second-order valence-corrected chi connectivity index (χ2v) is 8.40. The van der Waals surface area contributed by atoms with Gasteiger partial charge < -0.3 is 9.88 Å². The standard InChI is InChI=1S/C26H24ClN3O/c27-20-11-12-24-22(17-20)26(31)23(25(28-24)19-7-3-1-4-8-19)18-29-13-15-30(16-14-29)21-9-5-2-6-10-21/h1-12,17H,13-16,18H2,(H,28,31). The maximum Gasteiger partial charge on any atom is 0.194 e. The van der Waals surface area contributed by atoms with Gasteiger partial charge in [0, 0.05) is 59.9 Å². The van der Waals surface area contributed by atoms with E-state index in [1.54, 1.807) is 6.07 Å². The number of pyridine rings is 1. The maximum absolute atomic E-state index is 13.5. The maximum atomic E-state index is 13.5. The Hall–Kier alpha value is -3.08. The van der Waals surface area contributed by atoms with Crippen LogP contribution in [0.1, 0.15) is 5.56 Å². The average Bonchev–Trinajstić information content (AvgIpc) is 2.83. The normalized spacial score (nSPS) is 14.8. The number of benzene rings is 3. The third-order valence-corrected chi connectivity index (χ3v) is 6.23. The van der Waals surface area contributed by atoms with Crippen LogP contribution in [0.25, 0.3) is 22.2 Å². The Balaban J connectivity index is 1.47. The van der Waals surface area contributed by atoms with E-state index in [0.29, 0.717) is 17.0 Å². The summed E-state index contributed by atoms with van der Waals surface area (Å²) in [4.78, 5) is 21.8. The molecule has 5 rings (SSSR count). The van der Waals surface area contributed by atoms with Gasteiger partial charge in [0.2, 0.25) is 0 Å². The first kappa shape index (κ1) is 19.9. The number of anilines is 1. The molecule has 0 aliphatic carbocycles. The van der Waals surface area contributed by atoms with Crippen LogP contribution in [0.15, 0.2) is 83.7 Å². The summed E-state index contributed by atoms with van der Waals surface area (Å²) >= 11 is 6.20. The van der Waals surface area contributed by atoms with E-state index in [4.69, 9.17) is 11.6 Å². The lowest BCUT2D eigenvalue weighted by molar-refractivity contribution is 0.249. The van der Waals surface area contributed by atoms with Crippen molar-refractivity contribution in [2.45, 2.75) is 6.54 Å². The second-order valence-electron chi connectivity index (χ2n) is 7.96. The van der Waals surface area contributed by atoms with E-state index in [0.717, 1.165) is 48.5 Å². The topological polar surface area (TPSA) is 39.3 Å².